The molecule has 2 amide bonds. The van der Waals surface area contributed by atoms with E-state index in [1.54, 1.807) is 19.1 Å². The van der Waals surface area contributed by atoms with Gasteiger partial charge in [-0.3, -0.25) is 19.3 Å². The zero-order valence-corrected chi connectivity index (χ0v) is 19.7. The Morgan fingerprint density at radius 1 is 0.771 bits per heavy atom. The van der Waals surface area contributed by atoms with Crippen molar-refractivity contribution in [1.29, 1.82) is 0 Å². The van der Waals surface area contributed by atoms with Crippen molar-refractivity contribution < 1.29 is 9.59 Å². The first-order valence-corrected chi connectivity index (χ1v) is 11.0. The second kappa shape index (κ2) is 7.98. The molecule has 0 saturated heterocycles. The number of carbonyl (C=O) groups is 2. The topological polar surface area (TPSA) is 123 Å². The summed E-state index contributed by atoms with van der Waals surface area (Å²) in [6.45, 7) is 5.56. The third-order valence-electron chi connectivity index (χ3n) is 6.22. The lowest BCUT2D eigenvalue weighted by Crippen LogP contribution is -2.24. The lowest BCUT2D eigenvalue weighted by Gasteiger charge is -2.14. The Morgan fingerprint density at radius 2 is 1.34 bits per heavy atom. The predicted molar refractivity (Wildman–Crippen MR) is 133 cm³/mol. The third-order valence-corrected chi connectivity index (χ3v) is 6.22. The van der Waals surface area contributed by atoms with Gasteiger partial charge in [-0.2, -0.15) is 4.68 Å². The second-order valence-electron chi connectivity index (χ2n) is 8.62. The van der Waals surface area contributed by atoms with E-state index >= 15 is 0 Å². The maximum absolute atomic E-state index is 13.7. The van der Waals surface area contributed by atoms with Gasteiger partial charge in [-0.15, -0.1) is 15.3 Å². The van der Waals surface area contributed by atoms with E-state index in [0.717, 1.165) is 16.0 Å². The van der Waals surface area contributed by atoms with E-state index in [1.165, 1.54) is 11.7 Å². The zero-order chi connectivity index (χ0) is 25.0. The molecule has 2 N–H and O–H groups in total. The number of nitrogen functional groups attached to an aromatic ring is 1. The number of benzene rings is 3. The first-order chi connectivity index (χ1) is 16.7. The summed E-state index contributed by atoms with van der Waals surface area (Å²) in [5.41, 5.74) is 9.61. The largest absolute Gasteiger partial charge is 0.397 e. The van der Waals surface area contributed by atoms with Crippen LogP contribution in [0.15, 0.2) is 63.6 Å². The van der Waals surface area contributed by atoms with Crippen LogP contribution < -0.4 is 11.3 Å². The van der Waals surface area contributed by atoms with Crippen molar-refractivity contribution >= 4 is 39.8 Å². The maximum atomic E-state index is 13.7. The molecule has 9 nitrogen and oxygen atoms in total. The van der Waals surface area contributed by atoms with Gasteiger partial charge >= 0.3 is 0 Å². The highest BCUT2D eigenvalue weighted by molar-refractivity contribution is 6.28. The molecule has 0 aliphatic carbocycles. The Kier molecular flexibility index (Phi) is 5.05. The summed E-state index contributed by atoms with van der Waals surface area (Å²) in [5.74, 6) is -0.920. The number of fused-ring (bicyclic) bond motifs is 2. The molecule has 1 aliphatic rings. The number of anilines is 1. The van der Waals surface area contributed by atoms with Gasteiger partial charge in [0.25, 0.3) is 17.4 Å². The smallest absolute Gasteiger partial charge is 0.281 e. The van der Waals surface area contributed by atoms with E-state index in [0.29, 0.717) is 22.3 Å². The summed E-state index contributed by atoms with van der Waals surface area (Å²) in [4.78, 5) is 40.3. The fourth-order valence-corrected chi connectivity index (χ4v) is 4.26. The van der Waals surface area contributed by atoms with Crippen molar-refractivity contribution in [3.8, 4) is 5.69 Å². The fourth-order valence-electron chi connectivity index (χ4n) is 4.26. The van der Waals surface area contributed by atoms with Crippen LogP contribution in [0.1, 0.15) is 37.4 Å². The molecular weight excluding hydrogens is 444 g/mol. The Bertz CT molecular complexity index is 1630. The normalized spacial score (nSPS) is 13.3. The summed E-state index contributed by atoms with van der Waals surface area (Å²) in [5, 5.41) is 13.5. The summed E-state index contributed by atoms with van der Waals surface area (Å²) >= 11 is 0. The van der Waals surface area contributed by atoms with Crippen molar-refractivity contribution in [1.82, 2.24) is 14.7 Å². The molecule has 0 fully saturated rings. The molecule has 3 aromatic carbocycles. The van der Waals surface area contributed by atoms with Crippen LogP contribution in [0.4, 0.5) is 17.2 Å². The Balaban J connectivity index is 1.87. The molecule has 0 unspecified atom stereocenters. The number of imide groups is 1. The maximum Gasteiger partial charge on any atom is 0.281 e. The fraction of sp³-hybridized carbons (Fsp3) is 0.154. The van der Waals surface area contributed by atoms with E-state index in [2.05, 4.69) is 15.3 Å². The summed E-state index contributed by atoms with van der Waals surface area (Å²) in [6.07, 6.45) is 0. The van der Waals surface area contributed by atoms with Gasteiger partial charge in [-0.1, -0.05) is 35.4 Å². The molecule has 1 aliphatic heterocycles. The molecular formula is C26H22N6O3. The predicted octanol–water partition coefficient (Wildman–Crippen LogP) is 4.53. The van der Waals surface area contributed by atoms with Gasteiger partial charge in [0, 0.05) is 12.4 Å². The number of rotatable bonds is 3. The average molecular weight is 467 g/mol. The van der Waals surface area contributed by atoms with Crippen molar-refractivity contribution in [2.45, 2.75) is 20.8 Å². The number of hydrogen-bond acceptors (Lipinski definition) is 7. The SMILES string of the molecule is Cc1ccc(N=Nc2nn(-c3ccc(C)cc3)c(=O)c3c(N)c4c(c(C)c23)C(=O)N(C)C4=O)cc1. The zero-order valence-electron chi connectivity index (χ0n) is 19.7. The number of nitrogens with two attached hydrogens (primary N) is 1. The minimum atomic E-state index is -0.548. The Morgan fingerprint density at radius 3 is 1.97 bits per heavy atom. The summed E-state index contributed by atoms with van der Waals surface area (Å²) < 4.78 is 1.19. The van der Waals surface area contributed by atoms with Gasteiger partial charge in [0.05, 0.1) is 33.6 Å². The van der Waals surface area contributed by atoms with Gasteiger partial charge in [0.2, 0.25) is 5.82 Å². The summed E-state index contributed by atoms with van der Waals surface area (Å²) in [6, 6.07) is 14.7. The van der Waals surface area contributed by atoms with E-state index < -0.39 is 17.4 Å². The third kappa shape index (κ3) is 3.40. The summed E-state index contributed by atoms with van der Waals surface area (Å²) in [7, 11) is 1.38. The number of nitrogens with zero attached hydrogens (tertiary/aromatic N) is 5. The minimum absolute atomic E-state index is 0.0303. The van der Waals surface area contributed by atoms with Crippen LogP contribution in [0.5, 0.6) is 0 Å². The van der Waals surface area contributed by atoms with Crippen molar-refractivity contribution in [3.63, 3.8) is 0 Å². The number of aryl methyl sites for hydroxylation is 3. The van der Waals surface area contributed by atoms with Gasteiger partial charge < -0.3 is 5.73 Å². The van der Waals surface area contributed by atoms with Crippen LogP contribution in [0.2, 0.25) is 0 Å². The van der Waals surface area contributed by atoms with Crippen LogP contribution in [0.25, 0.3) is 16.5 Å². The molecule has 1 aromatic heterocycles. The van der Waals surface area contributed by atoms with Crippen molar-refractivity contribution in [3.05, 3.63) is 86.7 Å². The van der Waals surface area contributed by atoms with Gasteiger partial charge in [0.1, 0.15) is 0 Å². The van der Waals surface area contributed by atoms with Crippen LogP contribution in [0, 0.1) is 20.8 Å². The molecule has 9 heteroatoms. The standard InChI is InChI=1S/C26H22N6O3/c1-13-5-9-16(10-6-13)28-29-23-18-15(3)19-21(25(34)31(4)24(19)33)22(27)20(18)26(35)32(30-23)17-11-7-14(2)8-12-17/h5-12H,27H2,1-4H3. The molecule has 174 valence electrons. The van der Waals surface area contributed by atoms with Gasteiger partial charge in [-0.25, -0.2) is 0 Å². The highest BCUT2D eigenvalue weighted by Gasteiger charge is 2.39. The number of amides is 2. The first-order valence-electron chi connectivity index (χ1n) is 11.0. The monoisotopic (exact) mass is 466 g/mol. The molecule has 2 heterocycles. The van der Waals surface area contributed by atoms with Gasteiger partial charge in [-0.05, 0) is 50.6 Å². The van der Waals surface area contributed by atoms with E-state index in [9.17, 15) is 14.4 Å². The second-order valence-corrected chi connectivity index (χ2v) is 8.62. The number of aromatic nitrogens is 2. The Hall–Kier alpha value is -4.66. The van der Waals surface area contributed by atoms with E-state index in [-0.39, 0.29) is 28.0 Å². The molecule has 0 saturated carbocycles. The molecule has 35 heavy (non-hydrogen) atoms. The van der Waals surface area contributed by atoms with E-state index in [4.69, 9.17) is 5.73 Å². The molecule has 5 rings (SSSR count). The Labute approximate surface area is 200 Å². The molecule has 4 aromatic rings. The highest BCUT2D eigenvalue weighted by Crippen LogP contribution is 2.39. The number of azo groups is 1. The lowest BCUT2D eigenvalue weighted by molar-refractivity contribution is 0.0693. The van der Waals surface area contributed by atoms with Crippen LogP contribution in [-0.2, 0) is 0 Å². The minimum Gasteiger partial charge on any atom is -0.397 e. The molecule has 0 radical (unpaired) electrons. The highest BCUT2D eigenvalue weighted by atomic mass is 16.2. The van der Waals surface area contributed by atoms with E-state index in [1.807, 2.05) is 50.2 Å². The lowest BCUT2D eigenvalue weighted by atomic mass is 9.95. The van der Waals surface area contributed by atoms with Gasteiger partial charge in [0.15, 0.2) is 0 Å². The van der Waals surface area contributed by atoms with Crippen LogP contribution >= 0.6 is 0 Å². The van der Waals surface area contributed by atoms with Crippen LogP contribution in [0.3, 0.4) is 0 Å². The van der Waals surface area contributed by atoms with Crippen molar-refractivity contribution in [2.75, 3.05) is 12.8 Å². The van der Waals surface area contributed by atoms with Crippen molar-refractivity contribution in [2.24, 2.45) is 10.2 Å². The molecule has 0 bridgehead atoms. The molecule has 0 spiro atoms. The van der Waals surface area contributed by atoms with Crippen LogP contribution in [-0.4, -0.2) is 33.5 Å². The molecule has 0 atom stereocenters. The number of hydrogen-bond donors (Lipinski definition) is 1. The quantitative estimate of drug-likeness (QED) is 0.270. The first kappa shape index (κ1) is 22.1. The average Bonchev–Trinajstić information content (AvgIpc) is 3.07. The number of carbonyl (C=O) groups excluding carboxylic acids is 2.